The molecule has 0 bridgehead atoms. The van der Waals surface area contributed by atoms with Crippen LogP contribution in [0.5, 0.6) is 0 Å². The molecule has 0 aromatic carbocycles. The van der Waals surface area contributed by atoms with Crippen LogP contribution in [0.4, 0.5) is 0 Å². The van der Waals surface area contributed by atoms with Crippen molar-refractivity contribution in [3.05, 3.63) is 0 Å². The number of hydrogen-bond donors (Lipinski definition) is 2. The predicted molar refractivity (Wildman–Crippen MR) is 87.2 cm³/mol. The largest absolute Gasteiger partial charge is 0.378 e. The van der Waals surface area contributed by atoms with Gasteiger partial charge in [0, 0.05) is 19.1 Å². The van der Waals surface area contributed by atoms with Crippen LogP contribution in [0, 0.1) is 0 Å². The lowest BCUT2D eigenvalue weighted by Gasteiger charge is -2.40. The quantitative estimate of drug-likeness (QED) is 0.609. The van der Waals surface area contributed by atoms with Gasteiger partial charge in [-0.1, -0.05) is 32.6 Å². The van der Waals surface area contributed by atoms with Crippen molar-refractivity contribution in [3.8, 4) is 0 Å². The summed E-state index contributed by atoms with van der Waals surface area (Å²) in [5, 5.41) is 3.39. The lowest BCUT2D eigenvalue weighted by Crippen LogP contribution is -2.60. The first-order chi connectivity index (χ1) is 10.00. The fourth-order valence-electron chi connectivity index (χ4n) is 3.30. The zero-order chi connectivity index (χ0) is 15.7. The summed E-state index contributed by atoms with van der Waals surface area (Å²) in [7, 11) is 0. The SMILES string of the molecule is CCCCCCCOC1CCCC(NC(C)C)(C(N)=O)C1. The highest BCUT2D eigenvalue weighted by atomic mass is 16.5. The normalized spacial score (nSPS) is 26.2. The molecule has 0 radical (unpaired) electrons. The summed E-state index contributed by atoms with van der Waals surface area (Å²) in [5.41, 5.74) is 5.10. The number of primary amides is 1. The molecule has 21 heavy (non-hydrogen) atoms. The molecule has 1 saturated carbocycles. The molecule has 4 heteroatoms. The van der Waals surface area contributed by atoms with Gasteiger partial charge in [-0.15, -0.1) is 0 Å². The van der Waals surface area contributed by atoms with E-state index in [4.69, 9.17) is 10.5 Å². The van der Waals surface area contributed by atoms with Gasteiger partial charge in [-0.05, 0) is 39.5 Å². The molecule has 2 unspecified atom stereocenters. The van der Waals surface area contributed by atoms with E-state index in [0.717, 1.165) is 38.7 Å². The Morgan fingerprint density at radius 2 is 2.05 bits per heavy atom. The van der Waals surface area contributed by atoms with Crippen LogP contribution in [0.25, 0.3) is 0 Å². The van der Waals surface area contributed by atoms with E-state index in [2.05, 4.69) is 26.1 Å². The molecule has 4 nitrogen and oxygen atoms in total. The highest BCUT2D eigenvalue weighted by Crippen LogP contribution is 2.30. The van der Waals surface area contributed by atoms with Crippen molar-refractivity contribution < 1.29 is 9.53 Å². The lowest BCUT2D eigenvalue weighted by atomic mass is 9.79. The Bertz CT molecular complexity index is 307. The number of nitrogens with two attached hydrogens (primary N) is 1. The van der Waals surface area contributed by atoms with Gasteiger partial charge in [-0.2, -0.15) is 0 Å². The fraction of sp³-hybridized carbons (Fsp3) is 0.941. The second-order valence-electron chi connectivity index (χ2n) is 6.75. The van der Waals surface area contributed by atoms with Gasteiger partial charge < -0.3 is 15.8 Å². The molecule has 0 aromatic heterocycles. The topological polar surface area (TPSA) is 64.3 Å². The van der Waals surface area contributed by atoms with Crippen LogP contribution in [0.1, 0.15) is 78.6 Å². The second kappa shape index (κ2) is 9.42. The van der Waals surface area contributed by atoms with Gasteiger partial charge in [0.1, 0.15) is 5.54 Å². The molecule has 3 N–H and O–H groups in total. The highest BCUT2D eigenvalue weighted by Gasteiger charge is 2.41. The average Bonchev–Trinajstić information content (AvgIpc) is 2.42. The number of carbonyl (C=O) groups is 1. The van der Waals surface area contributed by atoms with Gasteiger partial charge in [0.25, 0.3) is 0 Å². The summed E-state index contributed by atoms with van der Waals surface area (Å²) < 4.78 is 6.00. The summed E-state index contributed by atoms with van der Waals surface area (Å²) in [5.74, 6) is -0.229. The molecule has 1 aliphatic rings. The van der Waals surface area contributed by atoms with Gasteiger partial charge in [0.05, 0.1) is 6.10 Å². The molecule has 1 rings (SSSR count). The van der Waals surface area contributed by atoms with Crippen molar-refractivity contribution in [2.45, 2.75) is 96.2 Å². The van der Waals surface area contributed by atoms with E-state index in [1.54, 1.807) is 0 Å². The van der Waals surface area contributed by atoms with Crippen LogP contribution < -0.4 is 11.1 Å². The van der Waals surface area contributed by atoms with E-state index in [1.807, 2.05) is 0 Å². The van der Waals surface area contributed by atoms with Crippen LogP contribution in [-0.4, -0.2) is 30.2 Å². The second-order valence-corrected chi connectivity index (χ2v) is 6.75. The Labute approximate surface area is 130 Å². The number of nitrogens with one attached hydrogen (secondary N) is 1. The van der Waals surface area contributed by atoms with E-state index in [-0.39, 0.29) is 18.1 Å². The van der Waals surface area contributed by atoms with E-state index in [1.165, 1.54) is 25.7 Å². The van der Waals surface area contributed by atoms with Gasteiger partial charge >= 0.3 is 0 Å². The third kappa shape index (κ3) is 6.35. The van der Waals surface area contributed by atoms with Gasteiger partial charge in [-0.3, -0.25) is 4.79 Å². The summed E-state index contributed by atoms with van der Waals surface area (Å²) in [4.78, 5) is 11.9. The molecule has 0 saturated heterocycles. The fourth-order valence-corrected chi connectivity index (χ4v) is 3.30. The smallest absolute Gasteiger partial charge is 0.237 e. The first-order valence-corrected chi connectivity index (χ1v) is 8.69. The summed E-state index contributed by atoms with van der Waals surface area (Å²) in [6.45, 7) is 7.15. The lowest BCUT2D eigenvalue weighted by molar-refractivity contribution is -0.129. The van der Waals surface area contributed by atoms with E-state index >= 15 is 0 Å². The minimum atomic E-state index is -0.570. The number of rotatable bonds is 10. The first kappa shape index (κ1) is 18.4. The summed E-state index contributed by atoms with van der Waals surface area (Å²) in [6.07, 6.45) is 10.0. The van der Waals surface area contributed by atoms with E-state index in [9.17, 15) is 4.79 Å². The van der Waals surface area contributed by atoms with E-state index < -0.39 is 5.54 Å². The monoisotopic (exact) mass is 298 g/mol. The summed E-state index contributed by atoms with van der Waals surface area (Å²) in [6, 6.07) is 0.255. The van der Waals surface area contributed by atoms with Crippen molar-refractivity contribution >= 4 is 5.91 Å². The number of carbonyl (C=O) groups excluding carboxylic acids is 1. The maximum absolute atomic E-state index is 11.9. The molecule has 0 spiro atoms. The van der Waals surface area contributed by atoms with Gasteiger partial charge in [-0.25, -0.2) is 0 Å². The molecular formula is C17H34N2O2. The molecule has 124 valence electrons. The molecule has 1 amide bonds. The zero-order valence-corrected chi connectivity index (χ0v) is 14.1. The van der Waals surface area contributed by atoms with Crippen LogP contribution in [-0.2, 0) is 9.53 Å². The van der Waals surface area contributed by atoms with Gasteiger partial charge in [0.2, 0.25) is 5.91 Å². The van der Waals surface area contributed by atoms with Crippen molar-refractivity contribution in [1.29, 1.82) is 0 Å². The molecule has 0 aromatic rings. The molecule has 2 atom stereocenters. The molecule has 1 aliphatic carbocycles. The number of hydrogen-bond acceptors (Lipinski definition) is 3. The third-order valence-electron chi connectivity index (χ3n) is 4.34. The maximum atomic E-state index is 11.9. The zero-order valence-electron chi connectivity index (χ0n) is 14.1. The Balaban J connectivity index is 2.37. The standard InChI is InChI=1S/C17H34N2O2/c1-4-5-6-7-8-12-21-15-10-9-11-17(13-15,16(18)20)19-14(2)3/h14-15,19H,4-13H2,1-3H3,(H2,18,20). The Morgan fingerprint density at radius 1 is 1.33 bits per heavy atom. The number of amides is 1. The Hall–Kier alpha value is -0.610. The molecule has 0 heterocycles. The molecule has 1 fully saturated rings. The minimum Gasteiger partial charge on any atom is -0.378 e. The van der Waals surface area contributed by atoms with Crippen LogP contribution in [0.2, 0.25) is 0 Å². The highest BCUT2D eigenvalue weighted by molar-refractivity contribution is 5.84. The van der Waals surface area contributed by atoms with E-state index in [0.29, 0.717) is 0 Å². The Morgan fingerprint density at radius 3 is 2.67 bits per heavy atom. The maximum Gasteiger partial charge on any atom is 0.237 e. The van der Waals surface area contributed by atoms with Crippen molar-refractivity contribution in [1.82, 2.24) is 5.32 Å². The Kier molecular flexibility index (Phi) is 8.27. The van der Waals surface area contributed by atoms with Gasteiger partial charge in [0.15, 0.2) is 0 Å². The average molecular weight is 298 g/mol. The minimum absolute atomic E-state index is 0.170. The van der Waals surface area contributed by atoms with Crippen LogP contribution in [0.15, 0.2) is 0 Å². The molecular weight excluding hydrogens is 264 g/mol. The number of ether oxygens (including phenoxy) is 1. The third-order valence-corrected chi connectivity index (χ3v) is 4.34. The summed E-state index contributed by atoms with van der Waals surface area (Å²) >= 11 is 0. The predicted octanol–water partition coefficient (Wildman–Crippen LogP) is 3.14. The van der Waals surface area contributed by atoms with Crippen LogP contribution in [0.3, 0.4) is 0 Å². The van der Waals surface area contributed by atoms with Crippen molar-refractivity contribution in [3.63, 3.8) is 0 Å². The van der Waals surface area contributed by atoms with Crippen molar-refractivity contribution in [2.24, 2.45) is 5.73 Å². The van der Waals surface area contributed by atoms with Crippen molar-refractivity contribution in [2.75, 3.05) is 6.61 Å². The number of unbranched alkanes of at least 4 members (excludes halogenated alkanes) is 4. The first-order valence-electron chi connectivity index (χ1n) is 8.69. The van der Waals surface area contributed by atoms with Crippen LogP contribution >= 0.6 is 0 Å². The molecule has 0 aliphatic heterocycles.